The van der Waals surface area contributed by atoms with Crippen LogP contribution >= 0.6 is 7.60 Å². The van der Waals surface area contributed by atoms with Gasteiger partial charge in [0.2, 0.25) is 0 Å². The Labute approximate surface area is 125 Å². The van der Waals surface area contributed by atoms with E-state index >= 15 is 0 Å². The van der Waals surface area contributed by atoms with Gasteiger partial charge in [-0.3, -0.25) is 4.57 Å². The van der Waals surface area contributed by atoms with Crippen LogP contribution in [0.1, 0.15) is 51.4 Å². The number of halogens is 2. The van der Waals surface area contributed by atoms with Crippen molar-refractivity contribution < 1.29 is 23.1 Å². The lowest BCUT2D eigenvalue weighted by Gasteiger charge is -2.36. The maximum absolute atomic E-state index is 14.2. The van der Waals surface area contributed by atoms with Gasteiger partial charge in [0.25, 0.3) is 0 Å². The van der Waals surface area contributed by atoms with Crippen LogP contribution in [0.25, 0.3) is 0 Å². The molecule has 0 aromatic rings. The fourth-order valence-electron chi connectivity index (χ4n) is 3.72. The predicted molar refractivity (Wildman–Crippen MR) is 78.7 cm³/mol. The molecule has 2 aliphatic carbocycles. The van der Waals surface area contributed by atoms with Crippen molar-refractivity contribution in [2.45, 2.75) is 63.7 Å². The molecule has 4 unspecified atom stereocenters. The molecule has 0 bridgehead atoms. The summed E-state index contributed by atoms with van der Waals surface area (Å²) in [6.45, 7) is 0. The smallest absolute Gasteiger partial charge is 0.324 e. The van der Waals surface area contributed by atoms with Gasteiger partial charge < -0.3 is 9.79 Å². The molecule has 0 radical (unpaired) electrons. The Morgan fingerprint density at radius 3 is 1.76 bits per heavy atom. The molecule has 0 spiro atoms. The molecule has 0 aliphatic heterocycles. The molecule has 2 fully saturated rings. The first-order valence-electron chi connectivity index (χ1n) is 7.91. The van der Waals surface area contributed by atoms with Crippen molar-refractivity contribution in [3.63, 3.8) is 0 Å². The molecule has 6 heteroatoms. The average molecular weight is 322 g/mol. The first kappa shape index (κ1) is 17.1. The Morgan fingerprint density at radius 1 is 0.952 bits per heavy atom. The van der Waals surface area contributed by atoms with Crippen molar-refractivity contribution >= 4 is 7.60 Å². The van der Waals surface area contributed by atoms with Crippen molar-refractivity contribution in [1.29, 1.82) is 0 Å². The van der Waals surface area contributed by atoms with E-state index in [4.69, 9.17) is 9.79 Å². The van der Waals surface area contributed by atoms with Gasteiger partial charge in [0.05, 0.1) is 6.16 Å². The zero-order valence-electron chi connectivity index (χ0n) is 12.3. The maximum Gasteiger partial charge on any atom is 0.329 e. The minimum absolute atomic E-state index is 0.355. The molecule has 21 heavy (non-hydrogen) atoms. The molecule has 0 aromatic carbocycles. The molecule has 4 atom stereocenters. The quantitative estimate of drug-likeness (QED) is 0.604. The van der Waals surface area contributed by atoms with Gasteiger partial charge in [-0.15, -0.1) is 0 Å². The topological polar surface area (TPSA) is 57.5 Å². The zero-order chi connectivity index (χ0) is 15.5. The highest BCUT2D eigenvalue weighted by molar-refractivity contribution is 7.51. The van der Waals surface area contributed by atoms with Gasteiger partial charge in [0.1, 0.15) is 12.3 Å². The second-order valence-electron chi connectivity index (χ2n) is 6.37. The minimum atomic E-state index is -4.18. The summed E-state index contributed by atoms with van der Waals surface area (Å²) in [4.78, 5) is 18.1. The van der Waals surface area contributed by atoms with Crippen LogP contribution in [0.3, 0.4) is 0 Å². The molecule has 3 nitrogen and oxygen atoms in total. The van der Waals surface area contributed by atoms with Crippen LogP contribution in [0.2, 0.25) is 0 Å². The van der Waals surface area contributed by atoms with E-state index in [9.17, 15) is 13.3 Å². The summed E-state index contributed by atoms with van der Waals surface area (Å²) < 4.78 is 39.6. The van der Waals surface area contributed by atoms with Crippen molar-refractivity contribution in [1.82, 2.24) is 0 Å². The largest absolute Gasteiger partial charge is 0.329 e. The van der Waals surface area contributed by atoms with Gasteiger partial charge in [-0.2, -0.15) is 0 Å². The monoisotopic (exact) mass is 322 g/mol. The molecule has 2 saturated carbocycles. The third kappa shape index (κ3) is 4.87. The third-order valence-electron chi connectivity index (χ3n) is 4.78. The van der Waals surface area contributed by atoms with E-state index in [0.29, 0.717) is 31.3 Å². The van der Waals surface area contributed by atoms with Crippen molar-refractivity contribution in [3.05, 3.63) is 11.6 Å². The second-order valence-corrected chi connectivity index (χ2v) is 8.06. The first-order chi connectivity index (χ1) is 9.88. The van der Waals surface area contributed by atoms with Crippen LogP contribution in [-0.2, 0) is 4.57 Å². The third-order valence-corrected chi connectivity index (χ3v) is 5.44. The highest BCUT2D eigenvalue weighted by Crippen LogP contribution is 2.43. The predicted octanol–water partition coefficient (Wildman–Crippen LogP) is 4.15. The summed E-state index contributed by atoms with van der Waals surface area (Å²) >= 11 is 0. The second kappa shape index (κ2) is 7.34. The van der Waals surface area contributed by atoms with Gasteiger partial charge >= 0.3 is 7.60 Å². The zero-order valence-corrected chi connectivity index (χ0v) is 13.2. The van der Waals surface area contributed by atoms with Crippen LogP contribution in [0.15, 0.2) is 11.6 Å². The van der Waals surface area contributed by atoms with Crippen molar-refractivity contribution in [2.24, 2.45) is 11.8 Å². The Hall–Kier alpha value is -0.250. The molecular weight excluding hydrogens is 297 g/mol. The maximum atomic E-state index is 14.2. The molecule has 122 valence electrons. The number of hydrogen-bond acceptors (Lipinski definition) is 1. The van der Waals surface area contributed by atoms with Crippen molar-refractivity contribution in [2.75, 3.05) is 6.16 Å². The van der Waals surface area contributed by atoms with Crippen LogP contribution < -0.4 is 0 Å². The van der Waals surface area contributed by atoms with Gasteiger partial charge in [-0.05, 0) is 25.7 Å². The highest BCUT2D eigenvalue weighted by atomic mass is 31.2. The molecule has 2 aliphatic rings. The molecule has 0 amide bonds. The van der Waals surface area contributed by atoms with Crippen LogP contribution in [0, 0.1) is 11.8 Å². The van der Waals surface area contributed by atoms with Gasteiger partial charge in [0.15, 0.2) is 0 Å². The normalized spacial score (nSPS) is 34.5. The lowest BCUT2D eigenvalue weighted by Crippen LogP contribution is -2.31. The lowest BCUT2D eigenvalue weighted by molar-refractivity contribution is 0.140. The molecule has 0 heterocycles. The highest BCUT2D eigenvalue weighted by Gasteiger charge is 2.36. The fraction of sp³-hybridized carbons (Fsp3) is 0.867. The van der Waals surface area contributed by atoms with E-state index in [1.807, 2.05) is 0 Å². The molecule has 2 rings (SSSR count). The number of rotatable bonds is 4. The summed E-state index contributed by atoms with van der Waals surface area (Å²) in [5.74, 6) is -0.710. The van der Waals surface area contributed by atoms with Gasteiger partial charge in [0, 0.05) is 11.8 Å². The van der Waals surface area contributed by atoms with E-state index in [-0.39, 0.29) is 11.8 Å². The SMILES string of the molecule is O=P(O)(O)CC=C(C1CCCCC1F)C1CCCCC1F. The van der Waals surface area contributed by atoms with E-state index < -0.39 is 26.1 Å². The fourth-order valence-corrected chi connectivity index (χ4v) is 4.17. The van der Waals surface area contributed by atoms with Crippen LogP contribution in [0.5, 0.6) is 0 Å². The lowest BCUT2D eigenvalue weighted by atomic mass is 9.72. The average Bonchev–Trinajstić information content (AvgIpc) is 2.41. The Morgan fingerprint density at radius 2 is 1.38 bits per heavy atom. The number of alkyl halides is 2. The Balaban J connectivity index is 2.22. The molecule has 0 aromatic heterocycles. The van der Waals surface area contributed by atoms with Crippen molar-refractivity contribution in [3.8, 4) is 0 Å². The summed E-state index contributed by atoms with van der Waals surface area (Å²) in [5.41, 5.74) is 0.637. The van der Waals surface area contributed by atoms with E-state index in [1.54, 1.807) is 0 Å². The summed E-state index contributed by atoms with van der Waals surface area (Å²) in [6, 6.07) is 0. The molecule has 0 saturated heterocycles. The Kier molecular flexibility index (Phi) is 5.98. The minimum Gasteiger partial charge on any atom is -0.324 e. The van der Waals surface area contributed by atoms with Gasteiger partial charge in [-0.25, -0.2) is 8.78 Å². The number of allylic oxidation sites excluding steroid dienone is 2. The summed E-state index contributed by atoms with van der Waals surface area (Å²) in [5, 5.41) is 0. The molecule has 2 N–H and O–H groups in total. The Bertz CT molecular complexity index is 397. The van der Waals surface area contributed by atoms with Crippen LogP contribution in [0.4, 0.5) is 8.78 Å². The first-order valence-corrected chi connectivity index (χ1v) is 9.71. The van der Waals surface area contributed by atoms with E-state index in [2.05, 4.69) is 0 Å². The van der Waals surface area contributed by atoms with Crippen LogP contribution in [-0.4, -0.2) is 28.3 Å². The van der Waals surface area contributed by atoms with Gasteiger partial charge in [-0.1, -0.05) is 37.3 Å². The standard InChI is InChI=1S/C15H25F2O3P/c16-14-7-3-1-5-12(14)11(9-10-21(18,19)20)13-6-2-4-8-15(13)17/h9,12-15H,1-8,10H2,(H2,18,19,20). The summed E-state index contributed by atoms with van der Waals surface area (Å²) in [7, 11) is -4.18. The molecular formula is C15H25F2O3P. The summed E-state index contributed by atoms with van der Waals surface area (Å²) in [6.07, 6.45) is 4.80. The number of hydrogen-bond donors (Lipinski definition) is 2. The van der Waals surface area contributed by atoms with E-state index in [1.165, 1.54) is 6.08 Å². The van der Waals surface area contributed by atoms with E-state index in [0.717, 1.165) is 25.7 Å².